The van der Waals surface area contributed by atoms with Crippen LogP contribution in [0.5, 0.6) is 0 Å². The number of nitrogens with zero attached hydrogens (tertiary/aromatic N) is 3. The van der Waals surface area contributed by atoms with E-state index in [2.05, 4.69) is 140 Å². The second-order valence-electron chi connectivity index (χ2n) is 13.6. The lowest BCUT2D eigenvalue weighted by Gasteiger charge is -2.10. The second-order valence-corrected chi connectivity index (χ2v) is 14.7. The van der Waals surface area contributed by atoms with Crippen LogP contribution in [0.2, 0.25) is 0 Å². The summed E-state index contributed by atoms with van der Waals surface area (Å²) in [6, 6.07) is 61.5. The number of rotatable bonds is 5. The second kappa shape index (κ2) is 12.3. The van der Waals surface area contributed by atoms with Gasteiger partial charge in [-0.05, 0) is 75.5 Å². The summed E-state index contributed by atoms with van der Waals surface area (Å²) in [7, 11) is 0. The van der Waals surface area contributed by atoms with Crippen LogP contribution in [0.15, 0.2) is 180 Å². The summed E-state index contributed by atoms with van der Waals surface area (Å²) in [6.07, 6.45) is 0. The minimum atomic E-state index is 0.591. The molecule has 3 heterocycles. The van der Waals surface area contributed by atoms with Gasteiger partial charge in [0, 0.05) is 47.6 Å². The summed E-state index contributed by atoms with van der Waals surface area (Å²) in [5.41, 5.74) is 8.92. The van der Waals surface area contributed by atoms with Gasteiger partial charge < -0.3 is 4.42 Å². The molecule has 0 saturated carbocycles. The van der Waals surface area contributed by atoms with Gasteiger partial charge in [0.25, 0.3) is 0 Å². The minimum Gasteiger partial charge on any atom is -0.456 e. The van der Waals surface area contributed by atoms with Crippen LogP contribution in [0.4, 0.5) is 0 Å². The van der Waals surface area contributed by atoms with Crippen LogP contribution in [0, 0.1) is 0 Å². The molecule has 0 aliphatic heterocycles. The molecule has 5 heteroatoms. The average molecular weight is 708 g/mol. The Morgan fingerprint density at radius 3 is 1.83 bits per heavy atom. The fourth-order valence-electron chi connectivity index (χ4n) is 7.74. The van der Waals surface area contributed by atoms with Gasteiger partial charge in [0.15, 0.2) is 17.5 Å². The van der Waals surface area contributed by atoms with Gasteiger partial charge >= 0.3 is 0 Å². The maximum Gasteiger partial charge on any atom is 0.164 e. The van der Waals surface area contributed by atoms with E-state index >= 15 is 0 Å². The van der Waals surface area contributed by atoms with E-state index in [9.17, 15) is 0 Å². The molecule has 0 aliphatic carbocycles. The number of aromatic nitrogens is 3. The molecule has 11 aromatic rings. The Morgan fingerprint density at radius 2 is 1.00 bits per heavy atom. The molecule has 11 rings (SSSR count). The normalized spacial score (nSPS) is 11.7. The van der Waals surface area contributed by atoms with E-state index < -0.39 is 0 Å². The Hall–Kier alpha value is -6.95. The number of thiophene rings is 1. The van der Waals surface area contributed by atoms with Crippen molar-refractivity contribution in [2.24, 2.45) is 0 Å². The van der Waals surface area contributed by atoms with E-state index in [1.807, 2.05) is 47.7 Å². The first kappa shape index (κ1) is 30.7. The number of furan rings is 1. The topological polar surface area (TPSA) is 51.8 Å². The van der Waals surface area contributed by atoms with E-state index in [1.165, 1.54) is 36.5 Å². The fourth-order valence-corrected chi connectivity index (χ4v) is 8.84. The lowest BCUT2D eigenvalue weighted by atomic mass is 9.96. The van der Waals surface area contributed by atoms with Crippen molar-refractivity contribution in [3.8, 4) is 56.4 Å². The van der Waals surface area contributed by atoms with Crippen LogP contribution >= 0.6 is 11.3 Å². The van der Waals surface area contributed by atoms with Gasteiger partial charge in [-0.25, -0.2) is 15.0 Å². The molecule has 252 valence electrons. The van der Waals surface area contributed by atoms with Gasteiger partial charge in [-0.1, -0.05) is 133 Å². The lowest BCUT2D eigenvalue weighted by molar-refractivity contribution is 0.669. The summed E-state index contributed by atoms with van der Waals surface area (Å²) in [5, 5.41) is 7.31. The summed E-state index contributed by atoms with van der Waals surface area (Å²) in [4.78, 5) is 15.1. The summed E-state index contributed by atoms with van der Waals surface area (Å²) < 4.78 is 9.20. The Morgan fingerprint density at radius 1 is 0.352 bits per heavy atom. The molecule has 0 N–H and O–H groups in total. The fraction of sp³-hybridized carbons (Fsp3) is 0. The molecule has 0 bridgehead atoms. The molecule has 3 aromatic heterocycles. The molecule has 0 atom stereocenters. The number of benzene rings is 8. The van der Waals surface area contributed by atoms with Gasteiger partial charge in [-0.3, -0.25) is 0 Å². The van der Waals surface area contributed by atoms with Gasteiger partial charge in [0.1, 0.15) is 11.2 Å². The molecular weight excluding hydrogens is 679 g/mol. The third-order valence-corrected chi connectivity index (χ3v) is 11.5. The Kier molecular flexibility index (Phi) is 7.00. The summed E-state index contributed by atoms with van der Waals surface area (Å²) in [6.45, 7) is 0. The van der Waals surface area contributed by atoms with Gasteiger partial charge in [0.05, 0.1) is 0 Å². The van der Waals surface area contributed by atoms with Crippen LogP contribution in [0.3, 0.4) is 0 Å². The number of hydrogen-bond donors (Lipinski definition) is 0. The molecule has 0 aliphatic rings. The van der Waals surface area contributed by atoms with Crippen molar-refractivity contribution in [1.29, 1.82) is 0 Å². The van der Waals surface area contributed by atoms with Crippen molar-refractivity contribution >= 4 is 64.2 Å². The Balaban J connectivity index is 1.05. The summed E-state index contributed by atoms with van der Waals surface area (Å²) >= 11 is 1.85. The minimum absolute atomic E-state index is 0.591. The number of fused-ring (bicyclic) bond motifs is 8. The predicted octanol–water partition coefficient (Wildman–Crippen LogP) is 13.6. The first-order valence-corrected chi connectivity index (χ1v) is 18.8. The van der Waals surface area contributed by atoms with Crippen molar-refractivity contribution in [3.05, 3.63) is 176 Å². The third kappa shape index (κ3) is 5.09. The number of hydrogen-bond acceptors (Lipinski definition) is 5. The molecular formula is C49H29N3OS. The van der Waals surface area contributed by atoms with Crippen LogP contribution in [0.1, 0.15) is 0 Å². The van der Waals surface area contributed by atoms with Crippen LogP contribution < -0.4 is 0 Å². The largest absolute Gasteiger partial charge is 0.456 e. The molecule has 0 amide bonds. The molecule has 54 heavy (non-hydrogen) atoms. The van der Waals surface area contributed by atoms with Crippen LogP contribution in [0.25, 0.3) is 109 Å². The van der Waals surface area contributed by atoms with Crippen molar-refractivity contribution in [2.45, 2.75) is 0 Å². The highest BCUT2D eigenvalue weighted by molar-refractivity contribution is 7.26. The summed E-state index contributed by atoms with van der Waals surface area (Å²) in [5.74, 6) is 1.83. The smallest absolute Gasteiger partial charge is 0.164 e. The Labute approximate surface area is 314 Å². The highest BCUT2D eigenvalue weighted by atomic mass is 32.1. The lowest BCUT2D eigenvalue weighted by Crippen LogP contribution is -2.00. The molecule has 0 fully saturated rings. The van der Waals surface area contributed by atoms with E-state index in [4.69, 9.17) is 19.4 Å². The van der Waals surface area contributed by atoms with Crippen LogP contribution in [-0.2, 0) is 0 Å². The van der Waals surface area contributed by atoms with E-state index in [0.29, 0.717) is 17.5 Å². The molecule has 0 spiro atoms. The molecule has 4 nitrogen and oxygen atoms in total. The zero-order chi connectivity index (χ0) is 35.6. The maximum atomic E-state index is 6.60. The van der Waals surface area contributed by atoms with Crippen molar-refractivity contribution in [1.82, 2.24) is 15.0 Å². The van der Waals surface area contributed by atoms with E-state index in [0.717, 1.165) is 55.3 Å². The zero-order valence-electron chi connectivity index (χ0n) is 28.9. The van der Waals surface area contributed by atoms with Gasteiger partial charge in [-0.15, -0.1) is 11.3 Å². The van der Waals surface area contributed by atoms with Crippen LogP contribution in [-0.4, -0.2) is 15.0 Å². The zero-order valence-corrected chi connectivity index (χ0v) is 29.7. The van der Waals surface area contributed by atoms with Crippen molar-refractivity contribution < 1.29 is 4.42 Å². The van der Waals surface area contributed by atoms with E-state index in [1.54, 1.807) is 0 Å². The first-order valence-electron chi connectivity index (χ1n) is 18.0. The monoisotopic (exact) mass is 707 g/mol. The van der Waals surface area contributed by atoms with Crippen molar-refractivity contribution in [3.63, 3.8) is 0 Å². The third-order valence-electron chi connectivity index (χ3n) is 10.3. The van der Waals surface area contributed by atoms with Gasteiger partial charge in [-0.2, -0.15) is 0 Å². The molecule has 8 aromatic carbocycles. The molecule has 0 radical (unpaired) electrons. The highest BCUT2D eigenvalue weighted by Crippen LogP contribution is 2.43. The Bertz CT molecular complexity index is 3220. The van der Waals surface area contributed by atoms with Crippen molar-refractivity contribution in [2.75, 3.05) is 0 Å². The average Bonchev–Trinajstić information content (AvgIpc) is 3.82. The SMILES string of the molecule is c1ccc(-c2cccc(-c3nc(-c4ccccc4)nc(-c4ccc5c(c4)oc4cccc(-c6ccc7sc8ccc9ccccc9c8c7c6)c45)n3)c2)cc1. The predicted molar refractivity (Wildman–Crippen MR) is 225 cm³/mol. The standard InChI is InChI=1S/C49H29N3OS/c1-3-11-30(12-4-1)33-16-9-17-35(27-33)48-50-47(32-14-5-2-6-15-32)51-49(52-48)36-21-24-39-42(29-36)53-41-20-10-19-38(45(39)41)34-23-25-43-40(28-34)46-37-18-8-7-13-31(37)22-26-44(46)54-43/h1-29H. The first-order chi connectivity index (χ1) is 26.7. The molecule has 0 saturated heterocycles. The maximum absolute atomic E-state index is 6.60. The van der Waals surface area contributed by atoms with E-state index in [-0.39, 0.29) is 0 Å². The van der Waals surface area contributed by atoms with Gasteiger partial charge in [0.2, 0.25) is 0 Å². The highest BCUT2D eigenvalue weighted by Gasteiger charge is 2.18. The quantitative estimate of drug-likeness (QED) is 0.179. The molecule has 0 unspecified atom stereocenters.